The Morgan fingerprint density at radius 3 is 2.65 bits per heavy atom. The second kappa shape index (κ2) is 8.95. The first-order chi connectivity index (χ1) is 16.3. The van der Waals surface area contributed by atoms with Gasteiger partial charge in [0.2, 0.25) is 0 Å². The van der Waals surface area contributed by atoms with Crippen LogP contribution in [-0.2, 0) is 19.3 Å². The van der Waals surface area contributed by atoms with Gasteiger partial charge >= 0.3 is 0 Å². The second-order valence-electron chi connectivity index (χ2n) is 9.73. The SMILES string of the molecule is CC(C)N1CCOc2c(F)cc(-c3nc(Cc4ccc5c(c4)CC(N(C)C)C5)ncc3F)cc21. The summed E-state index contributed by atoms with van der Waals surface area (Å²) in [6.07, 6.45) is 3.75. The van der Waals surface area contributed by atoms with Crippen molar-refractivity contribution in [2.45, 2.75) is 45.2 Å². The normalized spacial score (nSPS) is 17.2. The molecule has 1 aromatic heterocycles. The highest BCUT2D eigenvalue weighted by atomic mass is 19.1. The quantitative estimate of drug-likeness (QED) is 0.550. The number of aromatic nitrogens is 2. The largest absolute Gasteiger partial charge is 0.486 e. The van der Waals surface area contributed by atoms with E-state index in [0.717, 1.165) is 18.4 Å². The summed E-state index contributed by atoms with van der Waals surface area (Å²) >= 11 is 0. The van der Waals surface area contributed by atoms with E-state index >= 15 is 0 Å². The van der Waals surface area contributed by atoms with Crippen LogP contribution in [0.5, 0.6) is 5.75 Å². The first-order valence-electron chi connectivity index (χ1n) is 11.8. The maximum atomic E-state index is 14.9. The van der Waals surface area contributed by atoms with Crippen LogP contribution in [0.1, 0.15) is 36.4 Å². The maximum Gasteiger partial charge on any atom is 0.178 e. The lowest BCUT2D eigenvalue weighted by atomic mass is 10.0. The third-order valence-electron chi connectivity index (χ3n) is 6.88. The average Bonchev–Trinajstić information content (AvgIpc) is 3.24. The highest BCUT2D eigenvalue weighted by Crippen LogP contribution is 2.39. The van der Waals surface area contributed by atoms with Gasteiger partial charge in [-0.25, -0.2) is 18.7 Å². The van der Waals surface area contributed by atoms with E-state index < -0.39 is 11.6 Å². The molecule has 1 aliphatic heterocycles. The molecule has 0 radical (unpaired) electrons. The van der Waals surface area contributed by atoms with Crippen LogP contribution in [0.4, 0.5) is 14.5 Å². The van der Waals surface area contributed by atoms with E-state index in [-0.39, 0.29) is 17.5 Å². The molecule has 0 spiro atoms. The summed E-state index contributed by atoms with van der Waals surface area (Å²) in [5, 5.41) is 0. The number of hydrogen-bond acceptors (Lipinski definition) is 5. The highest BCUT2D eigenvalue weighted by molar-refractivity contribution is 5.72. The molecule has 0 bridgehead atoms. The van der Waals surface area contributed by atoms with Crippen LogP contribution >= 0.6 is 0 Å². The van der Waals surface area contributed by atoms with Gasteiger partial charge < -0.3 is 14.5 Å². The van der Waals surface area contributed by atoms with E-state index in [1.165, 1.54) is 23.4 Å². The average molecular weight is 465 g/mol. The molecule has 34 heavy (non-hydrogen) atoms. The van der Waals surface area contributed by atoms with Crippen molar-refractivity contribution < 1.29 is 13.5 Å². The van der Waals surface area contributed by atoms with Crippen molar-refractivity contribution in [1.29, 1.82) is 0 Å². The molecule has 0 saturated heterocycles. The highest BCUT2D eigenvalue weighted by Gasteiger charge is 2.26. The fourth-order valence-electron chi connectivity index (χ4n) is 4.97. The van der Waals surface area contributed by atoms with Crippen LogP contribution < -0.4 is 9.64 Å². The molecule has 2 heterocycles. The molecular formula is C27H30F2N4O. The van der Waals surface area contributed by atoms with Gasteiger partial charge in [-0.05, 0) is 69.6 Å². The molecule has 0 N–H and O–H groups in total. The van der Waals surface area contributed by atoms with Crippen molar-refractivity contribution in [3.8, 4) is 17.0 Å². The number of nitrogens with zero attached hydrogens (tertiary/aromatic N) is 4. The first-order valence-corrected chi connectivity index (χ1v) is 11.8. The fraction of sp³-hybridized carbons (Fsp3) is 0.407. The number of fused-ring (bicyclic) bond motifs is 2. The summed E-state index contributed by atoms with van der Waals surface area (Å²) in [7, 11) is 4.22. The second-order valence-corrected chi connectivity index (χ2v) is 9.73. The van der Waals surface area contributed by atoms with Crippen molar-refractivity contribution in [2.75, 3.05) is 32.1 Å². The molecular weight excluding hydrogens is 434 g/mol. The smallest absolute Gasteiger partial charge is 0.178 e. The van der Waals surface area contributed by atoms with Gasteiger partial charge in [-0.15, -0.1) is 0 Å². The Balaban J connectivity index is 1.45. The summed E-state index contributed by atoms with van der Waals surface area (Å²) in [5.41, 5.74) is 4.94. The molecule has 7 heteroatoms. The fourth-order valence-corrected chi connectivity index (χ4v) is 4.97. The number of rotatable bonds is 5. The minimum atomic E-state index is -0.571. The Labute approximate surface area is 199 Å². The van der Waals surface area contributed by atoms with Crippen LogP contribution in [0, 0.1) is 11.6 Å². The van der Waals surface area contributed by atoms with Gasteiger partial charge in [-0.2, -0.15) is 0 Å². The zero-order valence-electron chi connectivity index (χ0n) is 20.1. The standard InChI is InChI=1S/C27H30F2N4O/c1-16(2)33-7-8-34-27-22(28)13-20(14-24(27)33)26-23(29)15-30-25(31-26)10-17-5-6-18-11-21(32(3)4)12-19(18)9-17/h5-6,9,13-16,21H,7-8,10-12H2,1-4H3. The number of ether oxygens (including phenoxy) is 1. The predicted octanol–water partition coefficient (Wildman–Crippen LogP) is 4.65. The minimum absolute atomic E-state index is 0.106. The summed E-state index contributed by atoms with van der Waals surface area (Å²) in [6.45, 7) is 5.16. The molecule has 0 saturated carbocycles. The van der Waals surface area contributed by atoms with E-state index in [2.05, 4.69) is 52.1 Å². The number of halogens is 2. The van der Waals surface area contributed by atoms with Crippen molar-refractivity contribution in [3.63, 3.8) is 0 Å². The van der Waals surface area contributed by atoms with E-state index in [4.69, 9.17) is 4.74 Å². The number of likely N-dealkylation sites (N-methyl/N-ethyl adjacent to an activating group) is 1. The zero-order valence-corrected chi connectivity index (χ0v) is 20.1. The van der Waals surface area contributed by atoms with Crippen LogP contribution in [0.25, 0.3) is 11.3 Å². The summed E-state index contributed by atoms with van der Waals surface area (Å²) in [6, 6.07) is 10.2. The van der Waals surface area contributed by atoms with E-state index in [1.54, 1.807) is 6.07 Å². The maximum absolute atomic E-state index is 14.9. The van der Waals surface area contributed by atoms with Crippen molar-refractivity contribution in [3.05, 3.63) is 70.7 Å². The molecule has 0 amide bonds. The lowest BCUT2D eigenvalue weighted by Crippen LogP contribution is -2.38. The summed E-state index contributed by atoms with van der Waals surface area (Å²) in [5.74, 6) is -0.355. The summed E-state index contributed by atoms with van der Waals surface area (Å²) < 4.78 is 35.3. The van der Waals surface area contributed by atoms with Gasteiger partial charge in [0, 0.05) is 24.1 Å². The molecule has 5 nitrogen and oxygen atoms in total. The Morgan fingerprint density at radius 1 is 1.09 bits per heavy atom. The van der Waals surface area contributed by atoms with Gasteiger partial charge in [0.05, 0.1) is 18.4 Å². The molecule has 1 atom stereocenters. The molecule has 3 aromatic rings. The van der Waals surface area contributed by atoms with E-state index in [1.807, 2.05) is 13.8 Å². The lowest BCUT2D eigenvalue weighted by molar-refractivity contribution is 0.287. The molecule has 5 rings (SSSR count). The lowest BCUT2D eigenvalue weighted by Gasteiger charge is -2.34. The molecule has 2 aromatic carbocycles. The van der Waals surface area contributed by atoms with Gasteiger partial charge in [0.15, 0.2) is 17.4 Å². The minimum Gasteiger partial charge on any atom is -0.486 e. The van der Waals surface area contributed by atoms with Crippen LogP contribution in [0.15, 0.2) is 36.5 Å². The number of benzene rings is 2. The molecule has 2 aliphatic rings. The summed E-state index contributed by atoms with van der Waals surface area (Å²) in [4.78, 5) is 13.1. The number of anilines is 1. The van der Waals surface area contributed by atoms with Gasteiger partial charge in [-0.3, -0.25) is 0 Å². The van der Waals surface area contributed by atoms with Crippen LogP contribution in [0.3, 0.4) is 0 Å². The molecule has 1 aliphatic carbocycles. The third kappa shape index (κ3) is 4.25. The Kier molecular flexibility index (Phi) is 5.98. The number of hydrogen-bond donors (Lipinski definition) is 0. The Morgan fingerprint density at radius 2 is 1.88 bits per heavy atom. The monoisotopic (exact) mass is 464 g/mol. The van der Waals surface area contributed by atoms with Crippen molar-refractivity contribution >= 4 is 5.69 Å². The van der Waals surface area contributed by atoms with Gasteiger partial charge in [0.1, 0.15) is 18.1 Å². The van der Waals surface area contributed by atoms with E-state index in [0.29, 0.717) is 42.7 Å². The molecule has 0 fully saturated rings. The topological polar surface area (TPSA) is 41.5 Å². The van der Waals surface area contributed by atoms with Gasteiger partial charge in [-0.1, -0.05) is 18.2 Å². The van der Waals surface area contributed by atoms with Crippen molar-refractivity contribution in [2.24, 2.45) is 0 Å². The Bertz CT molecular complexity index is 1230. The van der Waals surface area contributed by atoms with Gasteiger partial charge in [0.25, 0.3) is 0 Å². The van der Waals surface area contributed by atoms with Crippen LogP contribution in [-0.4, -0.2) is 54.2 Å². The zero-order chi connectivity index (χ0) is 24.0. The van der Waals surface area contributed by atoms with E-state index in [9.17, 15) is 8.78 Å². The predicted molar refractivity (Wildman–Crippen MR) is 129 cm³/mol. The third-order valence-corrected chi connectivity index (χ3v) is 6.88. The van der Waals surface area contributed by atoms with Crippen molar-refractivity contribution in [1.82, 2.24) is 14.9 Å². The first kappa shape index (κ1) is 22.7. The molecule has 1 unspecified atom stereocenters. The van der Waals surface area contributed by atoms with Crippen LogP contribution in [0.2, 0.25) is 0 Å². The molecule has 178 valence electrons. The Hall–Kier alpha value is -3.06.